The SMILES string of the molecule is [2H]C([2H])(C)c1ccc(-c2cc3oc4ncccc4c3cc2C)[n+](C)c1. The van der Waals surface area contributed by atoms with Crippen LogP contribution in [0.5, 0.6) is 0 Å². The molecule has 23 heavy (non-hydrogen) atoms. The molecular weight excluding hydrogens is 284 g/mol. The van der Waals surface area contributed by atoms with Crippen molar-refractivity contribution in [1.29, 1.82) is 0 Å². The summed E-state index contributed by atoms with van der Waals surface area (Å²) in [6, 6.07) is 11.9. The Hall–Kier alpha value is -2.68. The van der Waals surface area contributed by atoms with Crippen LogP contribution in [0.1, 0.15) is 20.8 Å². The fourth-order valence-corrected chi connectivity index (χ4v) is 3.08. The lowest BCUT2D eigenvalue weighted by atomic mass is 10.0. The molecule has 0 atom stereocenters. The van der Waals surface area contributed by atoms with Crippen LogP contribution in [0.3, 0.4) is 0 Å². The zero-order valence-corrected chi connectivity index (χ0v) is 13.4. The molecule has 0 N–H and O–H groups in total. The number of pyridine rings is 2. The number of hydrogen-bond acceptors (Lipinski definition) is 2. The molecule has 1 aromatic carbocycles. The molecule has 0 aliphatic rings. The van der Waals surface area contributed by atoms with Crippen molar-refractivity contribution in [2.24, 2.45) is 7.05 Å². The highest BCUT2D eigenvalue weighted by atomic mass is 16.3. The Bertz CT molecular complexity index is 1110. The maximum Gasteiger partial charge on any atom is 0.227 e. The second-order valence-corrected chi connectivity index (χ2v) is 5.79. The van der Waals surface area contributed by atoms with Crippen molar-refractivity contribution in [2.75, 3.05) is 0 Å². The maximum absolute atomic E-state index is 7.89. The summed E-state index contributed by atoms with van der Waals surface area (Å²) < 4.78 is 23.6. The monoisotopic (exact) mass is 305 g/mol. The van der Waals surface area contributed by atoms with Gasteiger partial charge in [0.25, 0.3) is 0 Å². The van der Waals surface area contributed by atoms with Crippen molar-refractivity contribution in [1.82, 2.24) is 4.98 Å². The van der Waals surface area contributed by atoms with Crippen molar-refractivity contribution >= 4 is 22.1 Å². The predicted octanol–water partition coefficient (Wildman–Crippen LogP) is 4.34. The van der Waals surface area contributed by atoms with Crippen LogP contribution in [-0.4, -0.2) is 4.98 Å². The van der Waals surface area contributed by atoms with Gasteiger partial charge in [-0.1, -0.05) is 6.92 Å². The van der Waals surface area contributed by atoms with Gasteiger partial charge in [0.2, 0.25) is 11.4 Å². The van der Waals surface area contributed by atoms with Crippen LogP contribution >= 0.6 is 0 Å². The number of hydrogen-bond donors (Lipinski definition) is 0. The van der Waals surface area contributed by atoms with Gasteiger partial charge in [0.15, 0.2) is 6.20 Å². The molecule has 3 heteroatoms. The molecule has 3 heterocycles. The van der Waals surface area contributed by atoms with Gasteiger partial charge in [-0.2, -0.15) is 0 Å². The third-order valence-corrected chi connectivity index (χ3v) is 4.29. The standard InChI is InChI=1S/C20H19N2O/c1-4-14-7-8-18(22(3)12-14)16-11-19-17(10-13(16)2)15-6-5-9-21-20(15)23-19/h5-12H,4H2,1-3H3/q+1/i4D2. The fourth-order valence-electron chi connectivity index (χ4n) is 3.08. The molecular formula is C20H19N2O+. The highest BCUT2D eigenvalue weighted by Gasteiger charge is 2.16. The van der Waals surface area contributed by atoms with E-state index < -0.39 is 6.37 Å². The second-order valence-electron chi connectivity index (χ2n) is 5.79. The first-order valence-electron chi connectivity index (χ1n) is 8.63. The molecule has 0 saturated heterocycles. The number of aromatic nitrogens is 2. The summed E-state index contributed by atoms with van der Waals surface area (Å²) >= 11 is 0. The summed E-state index contributed by atoms with van der Waals surface area (Å²) in [5, 5.41) is 2.08. The highest BCUT2D eigenvalue weighted by molar-refractivity contribution is 6.05. The number of furan rings is 1. The molecule has 0 bridgehead atoms. The Balaban J connectivity index is 1.92. The van der Waals surface area contributed by atoms with Gasteiger partial charge in [0, 0.05) is 31.3 Å². The van der Waals surface area contributed by atoms with E-state index in [4.69, 9.17) is 7.16 Å². The Morgan fingerprint density at radius 1 is 1.22 bits per heavy atom. The zero-order valence-electron chi connectivity index (χ0n) is 15.4. The van der Waals surface area contributed by atoms with Crippen LogP contribution in [0.2, 0.25) is 0 Å². The molecule has 4 rings (SSSR count). The van der Waals surface area contributed by atoms with Crippen molar-refractivity contribution in [3.8, 4) is 11.3 Å². The molecule has 0 fully saturated rings. The van der Waals surface area contributed by atoms with E-state index >= 15 is 0 Å². The molecule has 0 spiro atoms. The van der Waals surface area contributed by atoms with Gasteiger partial charge in [-0.15, -0.1) is 0 Å². The quantitative estimate of drug-likeness (QED) is 0.516. The number of aryl methyl sites for hydroxylation is 3. The Kier molecular flexibility index (Phi) is 2.67. The van der Waals surface area contributed by atoms with E-state index in [0.717, 1.165) is 33.2 Å². The number of benzene rings is 1. The largest absolute Gasteiger partial charge is 0.438 e. The minimum Gasteiger partial charge on any atom is -0.438 e. The lowest BCUT2D eigenvalue weighted by molar-refractivity contribution is -0.660. The minimum atomic E-state index is -1.36. The lowest BCUT2D eigenvalue weighted by Crippen LogP contribution is -2.31. The summed E-state index contributed by atoms with van der Waals surface area (Å²) in [5.41, 5.74) is 5.34. The molecule has 3 nitrogen and oxygen atoms in total. The van der Waals surface area contributed by atoms with Crippen LogP contribution in [0.4, 0.5) is 0 Å². The van der Waals surface area contributed by atoms with Gasteiger partial charge >= 0.3 is 0 Å². The fraction of sp³-hybridized carbons (Fsp3) is 0.200. The van der Waals surface area contributed by atoms with Crippen LogP contribution in [0.25, 0.3) is 33.3 Å². The lowest BCUT2D eigenvalue weighted by Gasteiger charge is -2.05. The van der Waals surface area contributed by atoms with E-state index in [1.807, 2.05) is 48.1 Å². The zero-order chi connectivity index (χ0) is 17.8. The molecule has 0 radical (unpaired) electrons. The van der Waals surface area contributed by atoms with Crippen molar-refractivity contribution in [2.45, 2.75) is 20.2 Å². The van der Waals surface area contributed by atoms with E-state index in [2.05, 4.69) is 18.0 Å². The van der Waals surface area contributed by atoms with Gasteiger partial charge in [0.1, 0.15) is 12.6 Å². The van der Waals surface area contributed by atoms with Gasteiger partial charge in [-0.25, -0.2) is 9.55 Å². The van der Waals surface area contributed by atoms with Gasteiger partial charge in [-0.3, -0.25) is 0 Å². The number of fused-ring (bicyclic) bond motifs is 3. The third kappa shape index (κ3) is 2.20. The second kappa shape index (κ2) is 5.20. The minimum absolute atomic E-state index is 0.646. The van der Waals surface area contributed by atoms with Crippen molar-refractivity contribution in [3.63, 3.8) is 0 Å². The third-order valence-electron chi connectivity index (χ3n) is 4.29. The summed E-state index contributed by atoms with van der Waals surface area (Å²) in [4.78, 5) is 4.29. The number of rotatable bonds is 2. The molecule has 0 aliphatic carbocycles. The van der Waals surface area contributed by atoms with E-state index in [9.17, 15) is 0 Å². The number of nitrogens with zero attached hydrogens (tertiary/aromatic N) is 2. The molecule has 4 aromatic rings. The van der Waals surface area contributed by atoms with Crippen LogP contribution < -0.4 is 4.57 Å². The maximum atomic E-state index is 7.89. The molecule has 0 saturated carbocycles. The first kappa shape index (κ1) is 11.8. The van der Waals surface area contributed by atoms with E-state index in [-0.39, 0.29) is 0 Å². The van der Waals surface area contributed by atoms with E-state index in [1.54, 1.807) is 13.1 Å². The Morgan fingerprint density at radius 3 is 2.87 bits per heavy atom. The average molecular weight is 305 g/mol. The topological polar surface area (TPSA) is 29.9 Å². The summed E-state index contributed by atoms with van der Waals surface area (Å²) in [7, 11) is 1.94. The smallest absolute Gasteiger partial charge is 0.227 e. The van der Waals surface area contributed by atoms with Crippen LogP contribution in [0.15, 0.2) is 53.2 Å². The first-order chi connectivity index (χ1) is 11.8. The highest BCUT2D eigenvalue weighted by Crippen LogP contribution is 2.32. The molecule has 0 amide bonds. The van der Waals surface area contributed by atoms with Crippen LogP contribution in [-0.2, 0) is 13.4 Å². The predicted molar refractivity (Wildman–Crippen MR) is 92.2 cm³/mol. The Morgan fingerprint density at radius 2 is 2.09 bits per heavy atom. The van der Waals surface area contributed by atoms with Gasteiger partial charge < -0.3 is 4.42 Å². The van der Waals surface area contributed by atoms with Crippen LogP contribution in [0, 0.1) is 6.92 Å². The molecule has 0 aliphatic heterocycles. The van der Waals surface area contributed by atoms with E-state index in [1.165, 1.54) is 0 Å². The average Bonchev–Trinajstić information content (AvgIpc) is 2.91. The van der Waals surface area contributed by atoms with E-state index in [0.29, 0.717) is 11.3 Å². The van der Waals surface area contributed by atoms with Crippen molar-refractivity contribution < 1.29 is 11.7 Å². The summed E-state index contributed by atoms with van der Waals surface area (Å²) in [6.45, 7) is 3.65. The summed E-state index contributed by atoms with van der Waals surface area (Å²) in [5.74, 6) is 0. The molecule has 3 aromatic heterocycles. The molecule has 0 unspecified atom stereocenters. The normalized spacial score (nSPS) is 13.3. The van der Waals surface area contributed by atoms with Gasteiger partial charge in [0.05, 0.1) is 5.56 Å². The van der Waals surface area contributed by atoms with Gasteiger partial charge in [-0.05, 0) is 49.2 Å². The Labute approximate surface area is 138 Å². The first-order valence-corrected chi connectivity index (χ1v) is 7.63. The summed E-state index contributed by atoms with van der Waals surface area (Å²) in [6.07, 6.45) is 2.22. The van der Waals surface area contributed by atoms with Crippen molar-refractivity contribution in [3.05, 3.63) is 59.9 Å². The molecule has 114 valence electrons.